The van der Waals surface area contributed by atoms with Gasteiger partial charge >= 0.3 is 0 Å². The number of carbonyl (C=O) groups excluding carboxylic acids is 1. The van der Waals surface area contributed by atoms with Crippen LogP contribution in [0.15, 0.2) is 66.7 Å². The van der Waals surface area contributed by atoms with Crippen molar-refractivity contribution in [1.29, 1.82) is 0 Å². The van der Waals surface area contributed by atoms with E-state index >= 15 is 0 Å². The lowest BCUT2D eigenvalue weighted by molar-refractivity contribution is -0.118. The van der Waals surface area contributed by atoms with Crippen LogP contribution in [-0.2, 0) is 21.4 Å². The summed E-state index contributed by atoms with van der Waals surface area (Å²) in [6.07, 6.45) is 1.05. The first-order valence-electron chi connectivity index (χ1n) is 9.32. The number of rotatable bonds is 8. The Morgan fingerprint density at radius 2 is 1.75 bits per heavy atom. The highest BCUT2D eigenvalue weighted by atomic mass is 35.5. The van der Waals surface area contributed by atoms with Gasteiger partial charge in [0.25, 0.3) is 5.91 Å². The second-order valence-electron chi connectivity index (χ2n) is 6.82. The van der Waals surface area contributed by atoms with Crippen molar-refractivity contribution >= 4 is 50.5 Å². The molecule has 10 heteroatoms. The Morgan fingerprint density at radius 3 is 2.41 bits per heavy atom. The predicted molar refractivity (Wildman–Crippen MR) is 124 cm³/mol. The molecule has 0 aromatic heterocycles. The molecule has 1 N–H and O–H groups in total. The van der Waals surface area contributed by atoms with E-state index in [0.29, 0.717) is 27.2 Å². The van der Waals surface area contributed by atoms with Crippen LogP contribution in [0.2, 0.25) is 10.0 Å². The molecule has 3 aromatic rings. The van der Waals surface area contributed by atoms with E-state index < -0.39 is 21.7 Å². The maximum absolute atomic E-state index is 14.0. The summed E-state index contributed by atoms with van der Waals surface area (Å²) in [5, 5.41) is 3.36. The van der Waals surface area contributed by atoms with Crippen LogP contribution in [-0.4, -0.2) is 27.2 Å². The molecule has 0 unspecified atom stereocenters. The van der Waals surface area contributed by atoms with Gasteiger partial charge in [-0.2, -0.15) is 0 Å². The van der Waals surface area contributed by atoms with Crippen molar-refractivity contribution in [3.05, 3.63) is 88.2 Å². The molecule has 6 nitrogen and oxygen atoms in total. The lowest BCUT2D eigenvalue weighted by Crippen LogP contribution is -2.29. The molecule has 0 atom stereocenters. The third kappa shape index (κ3) is 6.35. The zero-order chi connectivity index (χ0) is 23.3. The Hall–Kier alpha value is -2.81. The molecule has 3 rings (SSSR count). The largest absolute Gasteiger partial charge is 0.484 e. The Morgan fingerprint density at radius 1 is 1.06 bits per heavy atom. The Kier molecular flexibility index (Phi) is 7.60. The van der Waals surface area contributed by atoms with Crippen molar-refractivity contribution in [1.82, 2.24) is 0 Å². The third-order valence-corrected chi connectivity index (χ3v) is 6.07. The third-order valence-electron chi connectivity index (χ3n) is 4.37. The van der Waals surface area contributed by atoms with Crippen LogP contribution < -0.4 is 14.4 Å². The minimum atomic E-state index is -3.68. The molecule has 1 amide bonds. The van der Waals surface area contributed by atoms with Gasteiger partial charge in [-0.1, -0.05) is 41.4 Å². The molecule has 0 bridgehead atoms. The molecule has 0 aliphatic heterocycles. The van der Waals surface area contributed by atoms with E-state index in [4.69, 9.17) is 27.9 Å². The maximum Gasteiger partial charge on any atom is 0.262 e. The molecular formula is C22H19Cl2FN2O4S. The summed E-state index contributed by atoms with van der Waals surface area (Å²) in [6.45, 7) is -0.457. The van der Waals surface area contributed by atoms with Crippen LogP contribution >= 0.6 is 23.2 Å². The molecule has 0 heterocycles. The highest BCUT2D eigenvalue weighted by Crippen LogP contribution is 2.26. The zero-order valence-electron chi connectivity index (χ0n) is 16.9. The Balaban J connectivity index is 1.67. The minimum Gasteiger partial charge on any atom is -0.484 e. The molecule has 3 aromatic carbocycles. The summed E-state index contributed by atoms with van der Waals surface area (Å²) in [5.41, 5.74) is 0.938. The molecular weight excluding hydrogens is 478 g/mol. The molecule has 0 aliphatic carbocycles. The van der Waals surface area contributed by atoms with Gasteiger partial charge < -0.3 is 10.1 Å². The van der Waals surface area contributed by atoms with E-state index in [1.807, 2.05) is 0 Å². The molecule has 32 heavy (non-hydrogen) atoms. The SMILES string of the molecule is CS(=O)(=O)N(Cc1ccccc1F)c1ccc(OCC(=O)Nc2cc(Cl)ccc2Cl)cc1. The Labute approximate surface area is 195 Å². The fourth-order valence-corrected chi connectivity index (χ4v) is 4.03. The molecule has 0 saturated carbocycles. The van der Waals surface area contributed by atoms with Gasteiger partial charge in [-0.25, -0.2) is 12.8 Å². The van der Waals surface area contributed by atoms with Gasteiger partial charge in [-0.3, -0.25) is 9.10 Å². The van der Waals surface area contributed by atoms with E-state index in [0.717, 1.165) is 10.6 Å². The summed E-state index contributed by atoms with van der Waals surface area (Å²) in [4.78, 5) is 12.1. The summed E-state index contributed by atoms with van der Waals surface area (Å²) in [5.74, 6) is -0.595. The second-order valence-corrected chi connectivity index (χ2v) is 9.57. The Bertz CT molecular complexity index is 1220. The van der Waals surface area contributed by atoms with Crippen LogP contribution in [0, 0.1) is 5.82 Å². The fourth-order valence-electron chi connectivity index (χ4n) is 2.82. The minimum absolute atomic E-state index is 0.158. The van der Waals surface area contributed by atoms with Gasteiger partial charge in [0, 0.05) is 10.6 Å². The number of amides is 1. The van der Waals surface area contributed by atoms with Crippen LogP contribution in [0.1, 0.15) is 5.56 Å². The number of sulfonamides is 1. The van der Waals surface area contributed by atoms with Gasteiger partial charge in [0.2, 0.25) is 10.0 Å². The number of nitrogens with zero attached hydrogens (tertiary/aromatic N) is 1. The van der Waals surface area contributed by atoms with Crippen molar-refractivity contribution in [2.75, 3.05) is 22.5 Å². The first-order chi connectivity index (χ1) is 15.1. The number of carbonyl (C=O) groups is 1. The van der Waals surface area contributed by atoms with E-state index in [1.165, 1.54) is 48.5 Å². The van der Waals surface area contributed by atoms with Crippen molar-refractivity contribution in [2.45, 2.75) is 6.54 Å². The number of benzene rings is 3. The molecule has 0 fully saturated rings. The van der Waals surface area contributed by atoms with Crippen molar-refractivity contribution in [3.8, 4) is 5.75 Å². The smallest absolute Gasteiger partial charge is 0.262 e. The maximum atomic E-state index is 14.0. The van der Waals surface area contributed by atoms with Crippen molar-refractivity contribution in [2.24, 2.45) is 0 Å². The zero-order valence-corrected chi connectivity index (χ0v) is 19.2. The van der Waals surface area contributed by atoms with Crippen LogP contribution in [0.4, 0.5) is 15.8 Å². The summed E-state index contributed by atoms with van der Waals surface area (Å²) >= 11 is 11.9. The molecule has 0 spiro atoms. The van der Waals surface area contributed by atoms with Gasteiger partial charge in [0.15, 0.2) is 6.61 Å². The van der Waals surface area contributed by atoms with Crippen LogP contribution in [0.5, 0.6) is 5.75 Å². The second kappa shape index (κ2) is 10.2. The monoisotopic (exact) mass is 496 g/mol. The van der Waals surface area contributed by atoms with Gasteiger partial charge in [0.1, 0.15) is 11.6 Å². The van der Waals surface area contributed by atoms with Crippen LogP contribution in [0.25, 0.3) is 0 Å². The summed E-state index contributed by atoms with van der Waals surface area (Å²) in [7, 11) is -3.68. The highest BCUT2D eigenvalue weighted by Gasteiger charge is 2.19. The van der Waals surface area contributed by atoms with Crippen LogP contribution in [0.3, 0.4) is 0 Å². The lowest BCUT2D eigenvalue weighted by Gasteiger charge is -2.23. The molecule has 0 saturated heterocycles. The quantitative estimate of drug-likeness (QED) is 0.469. The fraction of sp³-hybridized carbons (Fsp3) is 0.136. The van der Waals surface area contributed by atoms with Crippen molar-refractivity contribution < 1.29 is 22.3 Å². The van der Waals surface area contributed by atoms with Gasteiger partial charge in [0.05, 0.1) is 29.2 Å². The number of anilines is 2. The summed E-state index contributed by atoms with van der Waals surface area (Å²) in [6, 6.07) is 16.7. The first-order valence-corrected chi connectivity index (χ1v) is 11.9. The van der Waals surface area contributed by atoms with Gasteiger partial charge in [-0.15, -0.1) is 0 Å². The van der Waals surface area contributed by atoms with E-state index in [-0.39, 0.29) is 18.7 Å². The van der Waals surface area contributed by atoms with E-state index in [9.17, 15) is 17.6 Å². The number of hydrogen-bond acceptors (Lipinski definition) is 4. The highest BCUT2D eigenvalue weighted by molar-refractivity contribution is 7.92. The average Bonchev–Trinajstić information content (AvgIpc) is 2.74. The van der Waals surface area contributed by atoms with E-state index in [2.05, 4.69) is 5.32 Å². The standard InChI is InChI=1S/C22H19Cl2FN2O4S/c1-32(29,30)27(13-15-4-2-3-5-20(15)25)17-7-9-18(10-8-17)31-14-22(28)26-21-12-16(23)6-11-19(21)24/h2-12H,13-14H2,1H3,(H,26,28). The normalized spacial score (nSPS) is 11.1. The molecule has 0 radical (unpaired) electrons. The predicted octanol–water partition coefficient (Wildman–Crippen LogP) is 5.12. The average molecular weight is 497 g/mol. The molecule has 168 valence electrons. The topological polar surface area (TPSA) is 75.7 Å². The first kappa shape index (κ1) is 23.8. The number of ether oxygens (including phenoxy) is 1. The molecule has 0 aliphatic rings. The van der Waals surface area contributed by atoms with Crippen molar-refractivity contribution in [3.63, 3.8) is 0 Å². The lowest BCUT2D eigenvalue weighted by atomic mass is 10.2. The van der Waals surface area contributed by atoms with E-state index in [1.54, 1.807) is 18.2 Å². The number of hydrogen-bond donors (Lipinski definition) is 1. The summed E-state index contributed by atoms with van der Waals surface area (Å²) < 4.78 is 45.1. The number of halogens is 3. The number of nitrogens with one attached hydrogen (secondary N) is 1. The van der Waals surface area contributed by atoms with Gasteiger partial charge in [-0.05, 0) is 48.5 Å².